The molecule has 6 aromatic rings. The molecule has 210 valence electrons. The molecule has 9 rings (SSSR count). The molecule has 0 fully saturated rings. The van der Waals surface area contributed by atoms with Crippen molar-refractivity contribution < 1.29 is 0 Å². The zero-order valence-electron chi connectivity index (χ0n) is 25.3. The summed E-state index contributed by atoms with van der Waals surface area (Å²) in [6.45, 7) is 14.8. The van der Waals surface area contributed by atoms with Crippen LogP contribution in [0.2, 0.25) is 13.1 Å². The van der Waals surface area contributed by atoms with E-state index in [9.17, 15) is 0 Å². The Bertz CT molecular complexity index is 2130. The lowest BCUT2D eigenvalue weighted by Crippen LogP contribution is -2.49. The van der Waals surface area contributed by atoms with Crippen LogP contribution in [-0.2, 0) is 10.8 Å². The van der Waals surface area contributed by atoms with Crippen molar-refractivity contribution in [2.45, 2.75) is 51.6 Å². The van der Waals surface area contributed by atoms with E-state index in [1.807, 2.05) is 0 Å². The summed E-state index contributed by atoms with van der Waals surface area (Å²) >= 11 is 7.83. The highest BCUT2D eigenvalue weighted by Crippen LogP contribution is 2.56. The molecule has 1 aliphatic heterocycles. The van der Waals surface area contributed by atoms with Crippen LogP contribution in [0, 0.1) is 0 Å². The van der Waals surface area contributed by atoms with E-state index in [0.717, 1.165) is 0 Å². The maximum Gasteiger partial charge on any atom is 0.113 e. The van der Waals surface area contributed by atoms with Crippen molar-refractivity contribution in [3.05, 3.63) is 116 Å². The Balaban J connectivity index is 1.33. The maximum atomic E-state index is 3.91. The van der Waals surface area contributed by atoms with Gasteiger partial charge in [-0.05, 0) is 112 Å². The van der Waals surface area contributed by atoms with E-state index in [0.29, 0.717) is 0 Å². The van der Waals surface area contributed by atoms with Crippen LogP contribution in [0.15, 0.2) is 93.9 Å². The van der Waals surface area contributed by atoms with Gasteiger partial charge in [0.05, 0.1) is 0 Å². The topological polar surface area (TPSA) is 0 Å². The Hall–Kier alpha value is -2.98. The van der Waals surface area contributed by atoms with Crippen LogP contribution in [0.4, 0.5) is 0 Å². The Labute approximate surface area is 271 Å². The molecule has 0 nitrogen and oxygen atoms in total. The minimum Gasteiger partial charge on any atom is -0.0616 e. The van der Waals surface area contributed by atoms with Crippen LogP contribution in [0.5, 0.6) is 0 Å². The molecular weight excluding hydrogens is 668 g/mol. The SMILES string of the molecule is CC1(C)c2cc3c(cc2-c2c1cc(Br)c1ccccc21)[Si](C)(C)c1cc2c(cc1-3)C(C)(C)c1cc(Br)c3ccccc3c1-2. The molecule has 0 atom stereocenters. The number of fused-ring (bicyclic) bond motifs is 13. The van der Waals surface area contributed by atoms with Gasteiger partial charge in [-0.3, -0.25) is 0 Å². The molecule has 1 heterocycles. The van der Waals surface area contributed by atoms with Crippen molar-refractivity contribution in [1.29, 1.82) is 0 Å². The van der Waals surface area contributed by atoms with Crippen molar-refractivity contribution in [2.24, 2.45) is 0 Å². The quantitative estimate of drug-likeness (QED) is 0.138. The number of hydrogen-bond acceptors (Lipinski definition) is 0. The van der Waals surface area contributed by atoms with Gasteiger partial charge in [-0.1, -0.05) is 133 Å². The van der Waals surface area contributed by atoms with E-state index in [1.165, 1.54) is 86.1 Å². The second-order valence-electron chi connectivity index (χ2n) is 14.4. The Morgan fingerprint density at radius 1 is 0.465 bits per heavy atom. The molecule has 0 spiro atoms. The van der Waals surface area contributed by atoms with Crippen LogP contribution < -0.4 is 10.4 Å². The lowest BCUT2D eigenvalue weighted by atomic mass is 9.80. The maximum absolute atomic E-state index is 3.91. The lowest BCUT2D eigenvalue weighted by molar-refractivity contribution is 0.660. The van der Waals surface area contributed by atoms with Gasteiger partial charge in [0, 0.05) is 19.8 Å². The average molecular weight is 701 g/mol. The monoisotopic (exact) mass is 698 g/mol. The molecular formula is C40H32Br2Si. The summed E-state index contributed by atoms with van der Waals surface area (Å²) in [5, 5.41) is 8.45. The van der Waals surface area contributed by atoms with E-state index >= 15 is 0 Å². The van der Waals surface area contributed by atoms with Gasteiger partial charge < -0.3 is 0 Å². The van der Waals surface area contributed by atoms with Gasteiger partial charge in [-0.25, -0.2) is 0 Å². The molecule has 0 amide bonds. The fourth-order valence-electron chi connectivity index (χ4n) is 8.79. The van der Waals surface area contributed by atoms with Crippen molar-refractivity contribution in [3.8, 4) is 33.4 Å². The molecule has 3 heteroatoms. The van der Waals surface area contributed by atoms with Gasteiger partial charge in [0.25, 0.3) is 0 Å². The number of rotatable bonds is 0. The fraction of sp³-hybridized carbons (Fsp3) is 0.200. The molecule has 0 bridgehead atoms. The third kappa shape index (κ3) is 3.11. The molecule has 43 heavy (non-hydrogen) atoms. The molecule has 0 saturated carbocycles. The first-order valence-electron chi connectivity index (χ1n) is 15.2. The van der Waals surface area contributed by atoms with Gasteiger partial charge in [0.15, 0.2) is 0 Å². The summed E-state index contributed by atoms with van der Waals surface area (Å²) in [7, 11) is -1.98. The summed E-state index contributed by atoms with van der Waals surface area (Å²) in [5.41, 5.74) is 14.3. The van der Waals surface area contributed by atoms with Crippen molar-refractivity contribution in [3.63, 3.8) is 0 Å². The van der Waals surface area contributed by atoms with Crippen LogP contribution in [-0.4, -0.2) is 8.07 Å². The third-order valence-electron chi connectivity index (χ3n) is 11.2. The van der Waals surface area contributed by atoms with Gasteiger partial charge in [-0.2, -0.15) is 0 Å². The Morgan fingerprint density at radius 3 is 1.23 bits per heavy atom. The molecule has 6 aromatic carbocycles. The highest BCUT2D eigenvalue weighted by Gasteiger charge is 2.46. The molecule has 0 unspecified atom stereocenters. The molecule has 0 radical (unpaired) electrons. The summed E-state index contributed by atoms with van der Waals surface area (Å²) < 4.78 is 2.37. The van der Waals surface area contributed by atoms with Crippen molar-refractivity contribution in [1.82, 2.24) is 0 Å². The minimum absolute atomic E-state index is 0.0713. The first-order chi connectivity index (χ1) is 20.4. The summed E-state index contributed by atoms with van der Waals surface area (Å²) in [5.74, 6) is 0. The molecule has 3 aliphatic rings. The Kier molecular flexibility index (Phi) is 5.03. The molecule has 0 aromatic heterocycles. The van der Waals surface area contributed by atoms with Gasteiger partial charge >= 0.3 is 0 Å². The van der Waals surface area contributed by atoms with Crippen LogP contribution in [0.1, 0.15) is 49.9 Å². The zero-order chi connectivity index (χ0) is 29.8. The normalized spacial score (nSPS) is 17.4. The zero-order valence-corrected chi connectivity index (χ0v) is 29.5. The van der Waals surface area contributed by atoms with Crippen molar-refractivity contribution >= 4 is 71.9 Å². The molecule has 2 aliphatic carbocycles. The van der Waals surface area contributed by atoms with E-state index in [2.05, 4.69) is 158 Å². The summed E-state index contributed by atoms with van der Waals surface area (Å²) in [6, 6.07) is 32.9. The van der Waals surface area contributed by atoms with E-state index in [1.54, 1.807) is 10.4 Å². The first kappa shape index (κ1) is 26.4. The predicted molar refractivity (Wildman–Crippen MR) is 194 cm³/mol. The highest BCUT2D eigenvalue weighted by atomic mass is 79.9. The lowest BCUT2D eigenvalue weighted by Gasteiger charge is -2.24. The first-order valence-corrected chi connectivity index (χ1v) is 19.8. The van der Waals surface area contributed by atoms with E-state index in [-0.39, 0.29) is 10.8 Å². The van der Waals surface area contributed by atoms with Gasteiger partial charge in [0.2, 0.25) is 0 Å². The Morgan fingerprint density at radius 2 is 0.837 bits per heavy atom. The highest BCUT2D eigenvalue weighted by molar-refractivity contribution is 9.11. The van der Waals surface area contributed by atoms with Crippen LogP contribution in [0.25, 0.3) is 54.9 Å². The average Bonchev–Trinajstić information content (AvgIpc) is 3.44. The standard InChI is InChI=1S/C40H32Br2Si/c1-39(2)29-15-25-26-16-30-28(38-24-14-10-8-12-22(24)34(42)20-32(38)40(30,3)4)18-36(26)43(5,6)35(25)17-27(29)37-23-13-9-7-11-21(23)33(41)19-31(37)39/h7-20H,1-6H3. The number of hydrogen-bond donors (Lipinski definition) is 0. The summed E-state index contributed by atoms with van der Waals surface area (Å²) in [4.78, 5) is 0. The van der Waals surface area contributed by atoms with E-state index in [4.69, 9.17) is 0 Å². The second kappa shape index (κ2) is 8.18. The second-order valence-corrected chi connectivity index (χ2v) is 20.5. The fourth-order valence-corrected chi connectivity index (χ4v) is 13.0. The van der Waals surface area contributed by atoms with Gasteiger partial charge in [0.1, 0.15) is 8.07 Å². The molecule has 0 N–H and O–H groups in total. The van der Waals surface area contributed by atoms with E-state index < -0.39 is 8.07 Å². The van der Waals surface area contributed by atoms with Gasteiger partial charge in [-0.15, -0.1) is 0 Å². The van der Waals surface area contributed by atoms with Crippen LogP contribution >= 0.6 is 31.9 Å². The molecule has 0 saturated heterocycles. The predicted octanol–water partition coefficient (Wildman–Crippen LogP) is 10.9. The smallest absolute Gasteiger partial charge is 0.0616 e. The number of benzene rings is 6. The third-order valence-corrected chi connectivity index (χ3v) is 16.0. The minimum atomic E-state index is -1.98. The largest absolute Gasteiger partial charge is 0.113 e. The van der Waals surface area contributed by atoms with Crippen LogP contribution in [0.3, 0.4) is 0 Å². The van der Waals surface area contributed by atoms with Crippen molar-refractivity contribution in [2.75, 3.05) is 0 Å². The summed E-state index contributed by atoms with van der Waals surface area (Å²) in [6.07, 6.45) is 0. The number of halogens is 2.